The van der Waals surface area contributed by atoms with E-state index in [9.17, 15) is 0 Å². The fraction of sp³-hybridized carbons (Fsp3) is 1.00. The van der Waals surface area contributed by atoms with Crippen molar-refractivity contribution >= 4 is 0 Å². The van der Waals surface area contributed by atoms with Gasteiger partial charge < -0.3 is 5.32 Å². The molecule has 1 N–H and O–H groups in total. The average Bonchev–Trinajstić information content (AvgIpc) is 1.94. The molecule has 0 aliphatic carbocycles. The standard InChI is InChI=1S/C8H18N2/c1-8(2,3)10-6-4-9-5-7-10/h9H,4-7H2,1-3H3/i4D,5D,6D. The Morgan fingerprint density at radius 3 is 2.70 bits per heavy atom. The second kappa shape index (κ2) is 2.89. The van der Waals surface area contributed by atoms with E-state index in [1.165, 1.54) is 0 Å². The molecule has 1 rings (SSSR count). The zero-order chi connectivity index (χ0) is 10.2. The highest BCUT2D eigenvalue weighted by Crippen LogP contribution is 2.12. The lowest BCUT2D eigenvalue weighted by atomic mass is 10.1. The molecule has 0 bridgehead atoms. The van der Waals surface area contributed by atoms with E-state index < -0.39 is 19.6 Å². The number of nitrogens with one attached hydrogen (secondary N) is 1. The summed E-state index contributed by atoms with van der Waals surface area (Å²) in [6, 6.07) is 0. The maximum atomic E-state index is 7.77. The van der Waals surface area contributed by atoms with E-state index in [1.807, 2.05) is 25.7 Å². The van der Waals surface area contributed by atoms with Crippen LogP contribution in [0.1, 0.15) is 24.9 Å². The number of hydrogen-bond donors (Lipinski definition) is 1. The quantitative estimate of drug-likeness (QED) is 0.539. The van der Waals surface area contributed by atoms with Crippen LogP contribution < -0.4 is 5.32 Å². The molecule has 1 saturated heterocycles. The Balaban J connectivity index is 2.72. The predicted octanol–water partition coefficient (Wildman–Crippen LogP) is 0.690. The molecule has 1 aliphatic rings. The van der Waals surface area contributed by atoms with Crippen molar-refractivity contribution in [2.24, 2.45) is 0 Å². The van der Waals surface area contributed by atoms with Gasteiger partial charge in [0.25, 0.3) is 0 Å². The van der Waals surface area contributed by atoms with Gasteiger partial charge >= 0.3 is 0 Å². The van der Waals surface area contributed by atoms with Gasteiger partial charge in [0.1, 0.15) is 0 Å². The highest BCUT2D eigenvalue weighted by atomic mass is 15.2. The summed E-state index contributed by atoms with van der Waals surface area (Å²) in [6.45, 7) is 4.88. The van der Waals surface area contributed by atoms with Crippen molar-refractivity contribution in [3.63, 3.8) is 0 Å². The zero-order valence-electron chi connectivity index (χ0n) is 9.89. The maximum absolute atomic E-state index is 7.77. The molecule has 1 fully saturated rings. The minimum absolute atomic E-state index is 0.132. The molecular formula is C8H18N2. The largest absolute Gasteiger partial charge is 0.314 e. The van der Waals surface area contributed by atoms with Gasteiger partial charge in [-0.2, -0.15) is 0 Å². The van der Waals surface area contributed by atoms with E-state index in [0.717, 1.165) is 0 Å². The molecule has 0 radical (unpaired) electrons. The molecule has 0 saturated carbocycles. The smallest absolute Gasteiger partial charge is 0.0444 e. The first-order chi connectivity index (χ1) is 5.82. The lowest BCUT2D eigenvalue weighted by Gasteiger charge is -2.38. The zero-order valence-corrected chi connectivity index (χ0v) is 6.89. The molecule has 3 atom stereocenters. The van der Waals surface area contributed by atoms with E-state index in [-0.39, 0.29) is 5.54 Å². The van der Waals surface area contributed by atoms with Gasteiger partial charge in [0, 0.05) is 35.8 Å². The van der Waals surface area contributed by atoms with Crippen molar-refractivity contribution in [2.45, 2.75) is 26.3 Å². The van der Waals surface area contributed by atoms with Crippen LogP contribution in [0.3, 0.4) is 0 Å². The highest BCUT2D eigenvalue weighted by molar-refractivity contribution is 4.79. The molecule has 2 nitrogen and oxygen atoms in total. The summed E-state index contributed by atoms with van der Waals surface area (Å²) in [5, 5.41) is 2.74. The summed E-state index contributed by atoms with van der Waals surface area (Å²) in [7, 11) is 0. The second-order valence-corrected chi connectivity index (χ2v) is 3.51. The molecule has 2 heteroatoms. The molecule has 1 heterocycles. The Bertz CT molecular complexity index is 181. The van der Waals surface area contributed by atoms with Crippen LogP contribution in [0.25, 0.3) is 0 Å². The Morgan fingerprint density at radius 2 is 2.10 bits per heavy atom. The Kier molecular flexibility index (Phi) is 1.37. The minimum Gasteiger partial charge on any atom is -0.314 e. The molecule has 0 amide bonds. The predicted molar refractivity (Wildman–Crippen MR) is 44.2 cm³/mol. The summed E-state index contributed by atoms with van der Waals surface area (Å²) in [5.74, 6) is 0. The fourth-order valence-electron chi connectivity index (χ4n) is 0.910. The lowest BCUT2D eigenvalue weighted by Crippen LogP contribution is -2.51. The third kappa shape index (κ3) is 1.96. The topological polar surface area (TPSA) is 15.3 Å². The number of piperazine rings is 1. The maximum Gasteiger partial charge on any atom is 0.0444 e. The van der Waals surface area contributed by atoms with Crippen molar-refractivity contribution in [1.82, 2.24) is 10.2 Å². The van der Waals surface area contributed by atoms with E-state index in [1.54, 1.807) is 0 Å². The average molecular weight is 145 g/mol. The van der Waals surface area contributed by atoms with Crippen LogP contribution in [0.15, 0.2) is 0 Å². The van der Waals surface area contributed by atoms with Crippen LogP contribution in [0.2, 0.25) is 0 Å². The summed E-state index contributed by atoms with van der Waals surface area (Å²) < 4.78 is 22.9. The van der Waals surface area contributed by atoms with E-state index in [0.29, 0.717) is 6.54 Å². The van der Waals surface area contributed by atoms with Crippen molar-refractivity contribution < 1.29 is 4.11 Å². The van der Waals surface area contributed by atoms with E-state index in [4.69, 9.17) is 4.11 Å². The van der Waals surface area contributed by atoms with Crippen LogP contribution in [-0.2, 0) is 0 Å². The van der Waals surface area contributed by atoms with Crippen LogP contribution in [-0.4, -0.2) is 36.5 Å². The molecule has 1 aliphatic heterocycles. The normalized spacial score (nSPS) is 49.5. The van der Waals surface area contributed by atoms with Gasteiger partial charge in [0.15, 0.2) is 0 Å². The minimum atomic E-state index is -0.671. The van der Waals surface area contributed by atoms with E-state index >= 15 is 0 Å². The molecule has 10 heavy (non-hydrogen) atoms. The van der Waals surface area contributed by atoms with Gasteiger partial charge in [-0.15, -0.1) is 0 Å². The van der Waals surface area contributed by atoms with Gasteiger partial charge in [0.05, 0.1) is 0 Å². The molecule has 0 aromatic heterocycles. The van der Waals surface area contributed by atoms with Crippen molar-refractivity contribution in [3.8, 4) is 0 Å². The Labute approximate surface area is 67.8 Å². The van der Waals surface area contributed by atoms with Crippen molar-refractivity contribution in [2.75, 3.05) is 26.1 Å². The molecule has 3 unspecified atom stereocenters. The summed E-state index contributed by atoms with van der Waals surface area (Å²) in [6.07, 6.45) is 0. The van der Waals surface area contributed by atoms with Gasteiger partial charge in [-0.25, -0.2) is 0 Å². The van der Waals surface area contributed by atoms with Gasteiger partial charge in [0.2, 0.25) is 0 Å². The molecule has 0 spiro atoms. The highest BCUT2D eigenvalue weighted by Gasteiger charge is 2.21. The summed E-state index contributed by atoms with van der Waals surface area (Å²) in [4.78, 5) is 1.89. The number of nitrogens with zero attached hydrogens (tertiary/aromatic N) is 1. The van der Waals surface area contributed by atoms with Crippen molar-refractivity contribution in [3.05, 3.63) is 0 Å². The Morgan fingerprint density at radius 1 is 1.40 bits per heavy atom. The number of rotatable bonds is 0. The first-order valence-corrected chi connectivity index (χ1v) is 3.62. The second-order valence-electron chi connectivity index (χ2n) is 3.51. The third-order valence-corrected chi connectivity index (χ3v) is 1.62. The summed E-state index contributed by atoms with van der Waals surface area (Å²) >= 11 is 0. The first-order valence-electron chi connectivity index (χ1n) is 5.35. The first kappa shape index (κ1) is 4.73. The molecular weight excluding hydrogens is 124 g/mol. The van der Waals surface area contributed by atoms with Crippen molar-refractivity contribution in [1.29, 1.82) is 0 Å². The lowest BCUT2D eigenvalue weighted by molar-refractivity contribution is 0.119. The van der Waals surface area contributed by atoms with Crippen LogP contribution in [0.5, 0.6) is 0 Å². The Hall–Kier alpha value is -0.0800. The monoisotopic (exact) mass is 145 g/mol. The van der Waals surface area contributed by atoms with Crippen LogP contribution in [0, 0.1) is 0 Å². The van der Waals surface area contributed by atoms with Gasteiger partial charge in [-0.3, -0.25) is 4.90 Å². The van der Waals surface area contributed by atoms with Gasteiger partial charge in [-0.05, 0) is 20.8 Å². The van der Waals surface area contributed by atoms with Gasteiger partial charge in [-0.1, -0.05) is 0 Å². The third-order valence-electron chi connectivity index (χ3n) is 1.62. The van der Waals surface area contributed by atoms with Crippen LogP contribution in [0.4, 0.5) is 0 Å². The molecule has 0 aromatic rings. The van der Waals surface area contributed by atoms with Crippen LogP contribution >= 0.6 is 0 Å². The summed E-state index contributed by atoms with van der Waals surface area (Å²) in [5.41, 5.74) is -0.132. The van der Waals surface area contributed by atoms with E-state index in [2.05, 4.69) is 5.32 Å². The SMILES string of the molecule is [2H]C1CN(C(C)(C)C)C([2H])C([2H])N1. The fourth-order valence-corrected chi connectivity index (χ4v) is 0.910. The number of hydrogen-bond acceptors (Lipinski definition) is 2. The molecule has 0 aromatic carbocycles. The molecule has 60 valence electrons.